The molecule has 6 nitrogen and oxygen atoms in total. The van der Waals surface area contributed by atoms with E-state index in [0.717, 1.165) is 11.1 Å². The molecule has 3 rings (SSSR count). The van der Waals surface area contributed by atoms with Crippen LogP contribution in [0.5, 0.6) is 0 Å². The van der Waals surface area contributed by atoms with Gasteiger partial charge in [-0.05, 0) is 12.5 Å². The minimum atomic E-state index is -1.01. The molecule has 1 heterocycles. The molecule has 0 spiro atoms. The smallest absolute Gasteiger partial charge is 0.275 e. The summed E-state index contributed by atoms with van der Waals surface area (Å²) >= 11 is 0. The fraction of sp³-hybridized carbons (Fsp3) is 0.167. The summed E-state index contributed by atoms with van der Waals surface area (Å²) in [6, 6.07) is 10.7. The second-order valence-electron chi connectivity index (χ2n) is 5.86. The first-order chi connectivity index (χ1) is 12.4. The van der Waals surface area contributed by atoms with Gasteiger partial charge in [-0.1, -0.05) is 30.3 Å². The minimum Gasteiger partial charge on any atom is -0.374 e. The molecule has 8 heteroatoms. The number of rotatable bonds is 6. The van der Waals surface area contributed by atoms with E-state index in [0.29, 0.717) is 18.7 Å². The van der Waals surface area contributed by atoms with Gasteiger partial charge in [-0.15, -0.1) is 0 Å². The van der Waals surface area contributed by atoms with Gasteiger partial charge in [0.25, 0.3) is 5.69 Å². The first-order valence-corrected chi connectivity index (χ1v) is 7.90. The SMILES string of the molecule is CC(Nc1c(F)cc([N+](=O)[O-])cc1F)c1cnn(Cc2ccccc2)c1. The molecular formula is C18H16F2N4O2. The van der Waals surface area contributed by atoms with Gasteiger partial charge in [0.1, 0.15) is 5.69 Å². The lowest BCUT2D eigenvalue weighted by molar-refractivity contribution is -0.385. The molecule has 26 heavy (non-hydrogen) atoms. The summed E-state index contributed by atoms with van der Waals surface area (Å²) in [5.74, 6) is -2.03. The highest BCUT2D eigenvalue weighted by atomic mass is 19.1. The van der Waals surface area contributed by atoms with Gasteiger partial charge in [0, 0.05) is 11.8 Å². The van der Waals surface area contributed by atoms with E-state index in [1.54, 1.807) is 24.0 Å². The molecule has 0 saturated carbocycles. The van der Waals surface area contributed by atoms with Gasteiger partial charge in [-0.2, -0.15) is 5.10 Å². The maximum Gasteiger partial charge on any atom is 0.275 e. The normalized spacial score (nSPS) is 12.0. The van der Waals surface area contributed by atoms with Crippen molar-refractivity contribution in [2.45, 2.75) is 19.5 Å². The Balaban J connectivity index is 1.75. The van der Waals surface area contributed by atoms with Crippen LogP contribution in [0.2, 0.25) is 0 Å². The summed E-state index contributed by atoms with van der Waals surface area (Å²) in [5.41, 5.74) is 0.779. The first-order valence-electron chi connectivity index (χ1n) is 7.90. The Morgan fingerprint density at radius 3 is 2.50 bits per heavy atom. The molecule has 3 aromatic rings. The van der Waals surface area contributed by atoms with Crippen LogP contribution in [0.1, 0.15) is 24.1 Å². The molecular weight excluding hydrogens is 342 g/mol. The van der Waals surface area contributed by atoms with Crippen molar-refractivity contribution < 1.29 is 13.7 Å². The molecule has 1 unspecified atom stereocenters. The number of aromatic nitrogens is 2. The topological polar surface area (TPSA) is 73.0 Å². The standard InChI is InChI=1S/C18H16F2N4O2/c1-12(22-18-16(19)7-15(24(25)26)8-17(18)20)14-9-21-23(11-14)10-13-5-3-2-4-6-13/h2-9,11-12,22H,10H2,1H3. The lowest BCUT2D eigenvalue weighted by atomic mass is 10.1. The van der Waals surface area contributed by atoms with Crippen molar-refractivity contribution in [1.29, 1.82) is 0 Å². The second-order valence-corrected chi connectivity index (χ2v) is 5.86. The fourth-order valence-corrected chi connectivity index (χ4v) is 2.56. The third kappa shape index (κ3) is 3.85. The molecule has 134 valence electrons. The monoisotopic (exact) mass is 358 g/mol. The van der Waals surface area contributed by atoms with Gasteiger partial charge in [-0.3, -0.25) is 14.8 Å². The Morgan fingerprint density at radius 2 is 1.88 bits per heavy atom. The van der Waals surface area contributed by atoms with E-state index in [1.807, 2.05) is 30.3 Å². The van der Waals surface area contributed by atoms with E-state index in [9.17, 15) is 18.9 Å². The van der Waals surface area contributed by atoms with Gasteiger partial charge in [0.2, 0.25) is 0 Å². The number of nitrogens with one attached hydrogen (secondary N) is 1. The van der Waals surface area contributed by atoms with Crippen LogP contribution < -0.4 is 5.32 Å². The molecule has 0 fully saturated rings. The molecule has 0 aliphatic heterocycles. The van der Waals surface area contributed by atoms with Crippen molar-refractivity contribution in [3.05, 3.63) is 87.7 Å². The number of nitro benzene ring substituents is 1. The molecule has 2 aromatic carbocycles. The van der Waals surface area contributed by atoms with Crippen molar-refractivity contribution in [1.82, 2.24) is 9.78 Å². The number of hydrogen-bond acceptors (Lipinski definition) is 4. The lowest BCUT2D eigenvalue weighted by Gasteiger charge is -2.15. The van der Waals surface area contributed by atoms with Gasteiger partial charge in [0.15, 0.2) is 11.6 Å². The summed E-state index contributed by atoms with van der Waals surface area (Å²) < 4.78 is 29.8. The van der Waals surface area contributed by atoms with Crippen LogP contribution in [0.15, 0.2) is 54.9 Å². The lowest BCUT2D eigenvalue weighted by Crippen LogP contribution is -2.09. The average Bonchev–Trinajstić information content (AvgIpc) is 3.07. The molecule has 1 atom stereocenters. The number of anilines is 1. The molecule has 0 aliphatic carbocycles. The van der Waals surface area contributed by atoms with Crippen molar-refractivity contribution in [3.63, 3.8) is 0 Å². The molecule has 1 N–H and O–H groups in total. The number of nitrogens with zero attached hydrogens (tertiary/aromatic N) is 3. The van der Waals surface area contributed by atoms with Crippen molar-refractivity contribution in [2.75, 3.05) is 5.32 Å². The highest BCUT2D eigenvalue weighted by molar-refractivity contribution is 5.52. The van der Waals surface area contributed by atoms with Crippen LogP contribution in [-0.4, -0.2) is 14.7 Å². The van der Waals surface area contributed by atoms with Crippen LogP contribution in [-0.2, 0) is 6.54 Å². The molecule has 0 saturated heterocycles. The van der Waals surface area contributed by atoms with E-state index >= 15 is 0 Å². The second kappa shape index (κ2) is 7.30. The van der Waals surface area contributed by atoms with Crippen molar-refractivity contribution in [2.24, 2.45) is 0 Å². The van der Waals surface area contributed by atoms with E-state index in [2.05, 4.69) is 10.4 Å². The average molecular weight is 358 g/mol. The van der Waals surface area contributed by atoms with E-state index < -0.39 is 34.0 Å². The zero-order valence-corrected chi connectivity index (χ0v) is 13.9. The van der Waals surface area contributed by atoms with Crippen LogP contribution in [0, 0.1) is 21.7 Å². The predicted octanol–water partition coefficient (Wildman–Crippen LogP) is 4.29. The Labute approximate surface area is 148 Å². The van der Waals surface area contributed by atoms with Crippen molar-refractivity contribution >= 4 is 11.4 Å². The van der Waals surface area contributed by atoms with Gasteiger partial charge in [0.05, 0.1) is 35.8 Å². The Kier molecular flexibility index (Phi) is 4.92. The van der Waals surface area contributed by atoms with E-state index in [4.69, 9.17) is 0 Å². The Bertz CT molecular complexity index is 905. The van der Waals surface area contributed by atoms with Crippen LogP contribution in [0.25, 0.3) is 0 Å². The Morgan fingerprint density at radius 1 is 1.23 bits per heavy atom. The maximum absolute atomic E-state index is 14.0. The van der Waals surface area contributed by atoms with Crippen LogP contribution in [0.4, 0.5) is 20.2 Å². The summed E-state index contributed by atoms with van der Waals surface area (Å²) in [6.07, 6.45) is 3.40. The number of non-ortho nitro benzene ring substituents is 1. The largest absolute Gasteiger partial charge is 0.374 e. The Hall–Kier alpha value is -3.29. The first kappa shape index (κ1) is 17.5. The van der Waals surface area contributed by atoms with Crippen LogP contribution in [0.3, 0.4) is 0 Å². The van der Waals surface area contributed by atoms with Gasteiger partial charge < -0.3 is 5.32 Å². The third-order valence-electron chi connectivity index (χ3n) is 3.94. The molecule has 0 aliphatic rings. The number of halogens is 2. The summed E-state index contributed by atoms with van der Waals surface area (Å²) in [5, 5.41) is 17.6. The van der Waals surface area contributed by atoms with Gasteiger partial charge in [-0.25, -0.2) is 8.78 Å². The predicted molar refractivity (Wildman–Crippen MR) is 92.8 cm³/mol. The third-order valence-corrected chi connectivity index (χ3v) is 3.94. The summed E-state index contributed by atoms with van der Waals surface area (Å²) in [7, 11) is 0. The summed E-state index contributed by atoms with van der Waals surface area (Å²) in [6.45, 7) is 2.30. The zero-order valence-electron chi connectivity index (χ0n) is 13.9. The molecule has 0 radical (unpaired) electrons. The highest BCUT2D eigenvalue weighted by Crippen LogP contribution is 2.28. The zero-order chi connectivity index (χ0) is 18.7. The highest BCUT2D eigenvalue weighted by Gasteiger charge is 2.19. The number of nitro groups is 1. The number of benzene rings is 2. The van der Waals surface area contributed by atoms with Gasteiger partial charge >= 0.3 is 0 Å². The summed E-state index contributed by atoms with van der Waals surface area (Å²) in [4.78, 5) is 9.81. The maximum atomic E-state index is 14.0. The quantitative estimate of drug-likeness (QED) is 0.527. The fourth-order valence-electron chi connectivity index (χ4n) is 2.56. The molecule has 0 amide bonds. The van der Waals surface area contributed by atoms with E-state index in [1.165, 1.54) is 0 Å². The van der Waals surface area contributed by atoms with E-state index in [-0.39, 0.29) is 0 Å². The van der Waals surface area contributed by atoms with Crippen LogP contribution >= 0.6 is 0 Å². The minimum absolute atomic E-state index is 0.404. The molecule has 1 aromatic heterocycles. The van der Waals surface area contributed by atoms with Crippen molar-refractivity contribution in [3.8, 4) is 0 Å². The molecule has 0 bridgehead atoms. The number of hydrogen-bond donors (Lipinski definition) is 1.